The van der Waals surface area contributed by atoms with Gasteiger partial charge in [0.05, 0.1) is 5.56 Å². The molecule has 1 saturated heterocycles. The second kappa shape index (κ2) is 8.33. The van der Waals surface area contributed by atoms with Crippen LogP contribution in [0.1, 0.15) is 24.0 Å². The molecule has 2 aromatic rings. The number of benzene rings is 2. The van der Waals surface area contributed by atoms with E-state index in [1.165, 1.54) is 12.1 Å². The van der Waals surface area contributed by atoms with E-state index in [2.05, 4.69) is 5.32 Å². The zero-order valence-corrected chi connectivity index (χ0v) is 15.0. The Labute approximate surface area is 160 Å². The Balaban J connectivity index is 1.44. The average Bonchev–Trinajstić information content (AvgIpc) is 3.10. The highest BCUT2D eigenvalue weighted by molar-refractivity contribution is 5.95. The molecule has 0 aliphatic carbocycles. The number of carbonyl (C=O) groups is 2. The van der Waals surface area contributed by atoms with Crippen molar-refractivity contribution in [3.8, 4) is 5.75 Å². The smallest absolute Gasteiger partial charge is 0.416 e. The minimum absolute atomic E-state index is 0.0938. The standard InChI is InChI=1S/C20H19F3N2O3/c21-20(22,23)15-5-3-14(4-6-15)12-24-18(26)13-28-17-9-7-16(8-10-17)25-11-1-2-19(25)27/h3-10H,1-2,11-13H2,(H,24,26). The lowest BCUT2D eigenvalue weighted by molar-refractivity contribution is -0.137. The SMILES string of the molecule is O=C(COc1ccc(N2CCCC2=O)cc1)NCc1ccc(C(F)(F)F)cc1. The molecule has 2 amide bonds. The van der Waals surface area contributed by atoms with Gasteiger partial charge in [-0.3, -0.25) is 9.59 Å². The lowest BCUT2D eigenvalue weighted by atomic mass is 10.1. The van der Waals surface area contributed by atoms with Gasteiger partial charge in [-0.1, -0.05) is 12.1 Å². The van der Waals surface area contributed by atoms with Crippen LogP contribution in [0.25, 0.3) is 0 Å². The van der Waals surface area contributed by atoms with Crippen molar-refractivity contribution in [2.24, 2.45) is 0 Å². The number of ether oxygens (including phenoxy) is 1. The number of anilines is 1. The molecule has 0 saturated carbocycles. The van der Waals surface area contributed by atoms with Gasteiger partial charge in [-0.15, -0.1) is 0 Å². The molecule has 148 valence electrons. The van der Waals surface area contributed by atoms with Crippen molar-refractivity contribution >= 4 is 17.5 Å². The lowest BCUT2D eigenvalue weighted by Gasteiger charge is -2.16. The first-order chi connectivity index (χ1) is 13.3. The zero-order chi connectivity index (χ0) is 20.1. The molecule has 1 aliphatic heterocycles. The predicted octanol–water partition coefficient (Wildman–Crippen LogP) is 3.53. The molecule has 0 aromatic heterocycles. The summed E-state index contributed by atoms with van der Waals surface area (Å²) in [5.41, 5.74) is 0.618. The maximum absolute atomic E-state index is 12.5. The third-order valence-electron chi connectivity index (χ3n) is 4.36. The summed E-state index contributed by atoms with van der Waals surface area (Å²) in [6.45, 7) is 0.588. The van der Waals surface area contributed by atoms with Crippen molar-refractivity contribution in [1.82, 2.24) is 5.32 Å². The van der Waals surface area contributed by atoms with Gasteiger partial charge in [-0.05, 0) is 48.4 Å². The van der Waals surface area contributed by atoms with Gasteiger partial charge in [0.15, 0.2) is 6.61 Å². The van der Waals surface area contributed by atoms with Crippen LogP contribution in [0.3, 0.4) is 0 Å². The van der Waals surface area contributed by atoms with Crippen LogP contribution in [0.15, 0.2) is 48.5 Å². The third kappa shape index (κ3) is 5.03. The van der Waals surface area contributed by atoms with Crippen molar-refractivity contribution in [3.63, 3.8) is 0 Å². The largest absolute Gasteiger partial charge is 0.484 e. The van der Waals surface area contributed by atoms with Crippen LogP contribution >= 0.6 is 0 Å². The fourth-order valence-electron chi connectivity index (χ4n) is 2.86. The van der Waals surface area contributed by atoms with Crippen LogP contribution in [0.5, 0.6) is 5.75 Å². The number of hydrogen-bond acceptors (Lipinski definition) is 3. The van der Waals surface area contributed by atoms with E-state index in [1.54, 1.807) is 29.2 Å². The van der Waals surface area contributed by atoms with E-state index >= 15 is 0 Å². The number of hydrogen-bond donors (Lipinski definition) is 1. The van der Waals surface area contributed by atoms with E-state index in [-0.39, 0.29) is 19.1 Å². The fourth-order valence-corrected chi connectivity index (χ4v) is 2.86. The molecule has 3 rings (SSSR count). The lowest BCUT2D eigenvalue weighted by Crippen LogP contribution is -2.28. The molecular weight excluding hydrogens is 373 g/mol. The van der Waals surface area contributed by atoms with E-state index < -0.39 is 17.6 Å². The van der Waals surface area contributed by atoms with Gasteiger partial charge in [-0.2, -0.15) is 13.2 Å². The summed E-state index contributed by atoms with van der Waals surface area (Å²) in [5.74, 6) is 0.190. The summed E-state index contributed by atoms with van der Waals surface area (Å²) in [5, 5.41) is 2.59. The number of rotatable bonds is 6. The minimum atomic E-state index is -4.38. The molecule has 0 spiro atoms. The van der Waals surface area contributed by atoms with Gasteiger partial charge in [0.2, 0.25) is 5.91 Å². The van der Waals surface area contributed by atoms with E-state index in [0.717, 1.165) is 24.2 Å². The first kappa shape index (κ1) is 19.7. The Bertz CT molecular complexity index is 833. The Kier molecular flexibility index (Phi) is 5.87. The topological polar surface area (TPSA) is 58.6 Å². The normalized spacial score (nSPS) is 14.2. The number of nitrogens with one attached hydrogen (secondary N) is 1. The molecule has 28 heavy (non-hydrogen) atoms. The summed E-state index contributed by atoms with van der Waals surface area (Å²) in [6.07, 6.45) is -2.99. The third-order valence-corrected chi connectivity index (χ3v) is 4.36. The highest BCUT2D eigenvalue weighted by Gasteiger charge is 2.29. The molecule has 8 heteroatoms. The van der Waals surface area contributed by atoms with E-state index in [0.29, 0.717) is 24.3 Å². The van der Waals surface area contributed by atoms with Crippen LogP contribution in [-0.4, -0.2) is 25.0 Å². The van der Waals surface area contributed by atoms with E-state index in [9.17, 15) is 22.8 Å². The number of amides is 2. The number of alkyl halides is 3. The van der Waals surface area contributed by atoms with Crippen molar-refractivity contribution in [3.05, 3.63) is 59.7 Å². The number of nitrogens with zero attached hydrogens (tertiary/aromatic N) is 1. The van der Waals surface area contributed by atoms with E-state index in [1.807, 2.05) is 0 Å². The number of halogens is 3. The van der Waals surface area contributed by atoms with Gasteiger partial charge in [0.25, 0.3) is 5.91 Å². The molecule has 0 radical (unpaired) electrons. The average molecular weight is 392 g/mol. The summed E-state index contributed by atoms with van der Waals surface area (Å²) >= 11 is 0. The van der Waals surface area contributed by atoms with Crippen molar-refractivity contribution in [1.29, 1.82) is 0 Å². The maximum atomic E-state index is 12.5. The predicted molar refractivity (Wildman–Crippen MR) is 96.8 cm³/mol. The molecule has 2 aromatic carbocycles. The van der Waals surface area contributed by atoms with Crippen LogP contribution in [0.4, 0.5) is 18.9 Å². The molecule has 1 heterocycles. The molecule has 1 aliphatic rings. The van der Waals surface area contributed by atoms with Crippen LogP contribution < -0.4 is 15.0 Å². The monoisotopic (exact) mass is 392 g/mol. The summed E-state index contributed by atoms with van der Waals surface area (Å²) < 4.78 is 43.0. The maximum Gasteiger partial charge on any atom is 0.416 e. The van der Waals surface area contributed by atoms with Gasteiger partial charge in [0, 0.05) is 25.2 Å². The molecule has 5 nitrogen and oxygen atoms in total. The van der Waals surface area contributed by atoms with Gasteiger partial charge >= 0.3 is 6.18 Å². The fraction of sp³-hybridized carbons (Fsp3) is 0.300. The summed E-state index contributed by atoms with van der Waals surface area (Å²) in [4.78, 5) is 25.3. The highest BCUT2D eigenvalue weighted by atomic mass is 19.4. The second-order valence-corrected chi connectivity index (χ2v) is 6.40. The Morgan fingerprint density at radius 1 is 1.07 bits per heavy atom. The molecule has 0 unspecified atom stereocenters. The van der Waals surface area contributed by atoms with Crippen molar-refractivity contribution in [2.45, 2.75) is 25.6 Å². The molecular formula is C20H19F3N2O3. The Morgan fingerprint density at radius 2 is 1.75 bits per heavy atom. The minimum Gasteiger partial charge on any atom is -0.484 e. The van der Waals surface area contributed by atoms with Crippen LogP contribution in [0.2, 0.25) is 0 Å². The summed E-state index contributed by atoms with van der Waals surface area (Å²) in [7, 11) is 0. The molecule has 0 bridgehead atoms. The van der Waals surface area contributed by atoms with Crippen LogP contribution in [-0.2, 0) is 22.3 Å². The van der Waals surface area contributed by atoms with Gasteiger partial charge in [-0.25, -0.2) is 0 Å². The Hall–Kier alpha value is -3.03. The van der Waals surface area contributed by atoms with Crippen molar-refractivity contribution in [2.75, 3.05) is 18.1 Å². The molecule has 0 atom stereocenters. The zero-order valence-electron chi connectivity index (χ0n) is 15.0. The Morgan fingerprint density at radius 3 is 2.32 bits per heavy atom. The van der Waals surface area contributed by atoms with Crippen LogP contribution in [0, 0.1) is 0 Å². The highest BCUT2D eigenvalue weighted by Crippen LogP contribution is 2.29. The van der Waals surface area contributed by atoms with Crippen molar-refractivity contribution < 1.29 is 27.5 Å². The number of carbonyl (C=O) groups excluding carboxylic acids is 2. The first-order valence-electron chi connectivity index (χ1n) is 8.79. The first-order valence-corrected chi connectivity index (χ1v) is 8.79. The quantitative estimate of drug-likeness (QED) is 0.818. The van der Waals surface area contributed by atoms with E-state index in [4.69, 9.17) is 4.74 Å². The van der Waals surface area contributed by atoms with Gasteiger partial charge < -0.3 is 15.0 Å². The molecule has 1 fully saturated rings. The summed E-state index contributed by atoms with van der Waals surface area (Å²) in [6, 6.07) is 11.5. The second-order valence-electron chi connectivity index (χ2n) is 6.40. The molecule has 1 N–H and O–H groups in total. The van der Waals surface area contributed by atoms with Gasteiger partial charge in [0.1, 0.15) is 5.75 Å².